The maximum Gasteiger partial charge on any atom is 0.287 e. The molecule has 5 aromatic carbocycles. The number of hydrogen-bond acceptors (Lipinski definition) is 4. The number of anilines is 1. The lowest BCUT2D eigenvalue weighted by atomic mass is 9.97. The molecule has 6 nitrogen and oxygen atoms in total. The van der Waals surface area contributed by atoms with Crippen LogP contribution in [-0.4, -0.2) is 32.1 Å². The van der Waals surface area contributed by atoms with Gasteiger partial charge in [-0.05, 0) is 63.5 Å². The molecule has 5 aromatic rings. The quantitative estimate of drug-likeness (QED) is 0.122. The second kappa shape index (κ2) is 11.4. The molecule has 0 heterocycles. The van der Waals surface area contributed by atoms with Gasteiger partial charge < -0.3 is 10.2 Å². The van der Waals surface area contributed by atoms with Crippen LogP contribution in [-0.2, 0) is 4.79 Å². The molecule has 6 heteroatoms. The van der Waals surface area contributed by atoms with Gasteiger partial charge in [0.15, 0.2) is 0 Å². The number of hydrazone groups is 1. The summed E-state index contributed by atoms with van der Waals surface area (Å²) in [5.74, 6) is -0.914. The molecule has 0 spiro atoms. The van der Waals surface area contributed by atoms with Gasteiger partial charge >= 0.3 is 0 Å². The van der Waals surface area contributed by atoms with Crippen molar-refractivity contribution in [1.82, 2.24) is 10.7 Å². The number of carbonyl (C=O) groups excluding carboxylic acids is 2. The Morgan fingerprint density at radius 3 is 1.95 bits per heavy atom. The smallest absolute Gasteiger partial charge is 0.287 e. The van der Waals surface area contributed by atoms with E-state index in [4.69, 9.17) is 0 Å². The molecule has 0 saturated carbocycles. The molecule has 0 atom stereocenters. The third-order valence-corrected chi connectivity index (χ3v) is 6.42. The van der Waals surface area contributed by atoms with Crippen molar-refractivity contribution in [3.8, 4) is 0 Å². The van der Waals surface area contributed by atoms with Crippen molar-refractivity contribution in [2.24, 2.45) is 5.10 Å². The lowest BCUT2D eigenvalue weighted by Gasteiger charge is -2.13. The molecule has 0 aliphatic carbocycles. The Morgan fingerprint density at radius 2 is 1.33 bits per heavy atom. The Morgan fingerprint density at radius 1 is 0.744 bits per heavy atom. The van der Waals surface area contributed by atoms with E-state index in [9.17, 15) is 9.59 Å². The lowest BCUT2D eigenvalue weighted by Crippen LogP contribution is -2.32. The number of benzene rings is 5. The minimum Gasteiger partial charge on any atom is -0.378 e. The molecule has 0 saturated heterocycles. The van der Waals surface area contributed by atoms with Gasteiger partial charge in [0.25, 0.3) is 11.8 Å². The van der Waals surface area contributed by atoms with Crippen molar-refractivity contribution in [3.05, 3.63) is 132 Å². The zero-order valence-corrected chi connectivity index (χ0v) is 21.8. The molecular weight excluding hydrogens is 484 g/mol. The van der Waals surface area contributed by atoms with Crippen molar-refractivity contribution in [2.75, 3.05) is 19.0 Å². The van der Waals surface area contributed by atoms with Crippen LogP contribution in [0.1, 0.15) is 21.5 Å². The molecule has 0 fully saturated rings. The van der Waals surface area contributed by atoms with Crippen LogP contribution in [0.4, 0.5) is 5.69 Å². The second-order valence-electron chi connectivity index (χ2n) is 9.30. The fraction of sp³-hybridized carbons (Fsp3) is 0.0606. The highest BCUT2D eigenvalue weighted by Crippen LogP contribution is 2.27. The van der Waals surface area contributed by atoms with Crippen molar-refractivity contribution >= 4 is 51.3 Å². The van der Waals surface area contributed by atoms with Crippen LogP contribution in [0.25, 0.3) is 27.6 Å². The zero-order valence-electron chi connectivity index (χ0n) is 21.8. The second-order valence-corrected chi connectivity index (χ2v) is 9.30. The normalized spacial score (nSPS) is 11.6. The summed E-state index contributed by atoms with van der Waals surface area (Å²) in [5.41, 5.74) is 5.84. The Labute approximate surface area is 227 Å². The van der Waals surface area contributed by atoms with Crippen LogP contribution >= 0.6 is 0 Å². The van der Waals surface area contributed by atoms with Crippen molar-refractivity contribution in [3.63, 3.8) is 0 Å². The standard InChI is InChI=1S/C33H28N4O2/c1-37(2)27-18-16-23(17-19-27)20-31(35-32(38)24-10-4-3-5-11-24)33(39)36-34-22-30-28-14-8-6-12-25(28)21-26-13-7-9-15-29(26)30/h3-22H,1-2H3,(H,35,38)(H,36,39)/b31-20-,34-22-. The highest BCUT2D eigenvalue weighted by molar-refractivity contribution is 6.13. The first-order valence-electron chi connectivity index (χ1n) is 12.6. The van der Waals surface area contributed by atoms with Crippen LogP contribution in [0.5, 0.6) is 0 Å². The first kappa shape index (κ1) is 25.4. The molecule has 0 aliphatic heterocycles. The monoisotopic (exact) mass is 512 g/mol. The number of amides is 2. The van der Waals surface area contributed by atoms with Gasteiger partial charge in [-0.3, -0.25) is 9.59 Å². The summed E-state index contributed by atoms with van der Waals surface area (Å²) in [4.78, 5) is 28.2. The van der Waals surface area contributed by atoms with Crippen LogP contribution in [0.3, 0.4) is 0 Å². The summed E-state index contributed by atoms with van der Waals surface area (Å²) in [6, 6.07) is 34.7. The summed E-state index contributed by atoms with van der Waals surface area (Å²) in [7, 11) is 3.92. The van der Waals surface area contributed by atoms with Gasteiger partial charge in [-0.15, -0.1) is 0 Å². The summed E-state index contributed by atoms with van der Waals surface area (Å²) in [5, 5.41) is 11.3. The van der Waals surface area contributed by atoms with E-state index in [0.29, 0.717) is 5.56 Å². The Bertz CT molecular complexity index is 1650. The Kier molecular flexibility index (Phi) is 7.46. The SMILES string of the molecule is CN(C)c1ccc(/C=C(\NC(=O)c2ccccc2)C(=O)N/N=C\c2c3ccccc3cc3ccccc23)cc1. The fourth-order valence-electron chi connectivity index (χ4n) is 4.38. The molecule has 5 rings (SSSR count). The largest absolute Gasteiger partial charge is 0.378 e. The van der Waals surface area contributed by atoms with Crippen LogP contribution in [0.15, 0.2) is 120 Å². The molecule has 2 N–H and O–H groups in total. The van der Waals surface area contributed by atoms with E-state index in [-0.39, 0.29) is 11.6 Å². The number of nitrogens with zero attached hydrogens (tertiary/aromatic N) is 2. The van der Waals surface area contributed by atoms with Gasteiger partial charge in [-0.1, -0.05) is 78.9 Å². The minimum absolute atomic E-state index is 0.0846. The van der Waals surface area contributed by atoms with Crippen molar-refractivity contribution < 1.29 is 9.59 Å². The lowest BCUT2D eigenvalue weighted by molar-refractivity contribution is -0.117. The predicted molar refractivity (Wildman–Crippen MR) is 160 cm³/mol. The van der Waals surface area contributed by atoms with Crippen molar-refractivity contribution in [2.45, 2.75) is 0 Å². The van der Waals surface area contributed by atoms with E-state index >= 15 is 0 Å². The molecule has 2 amide bonds. The molecule has 0 unspecified atom stereocenters. The van der Waals surface area contributed by atoms with Gasteiger partial charge in [0.1, 0.15) is 5.70 Å². The van der Waals surface area contributed by atoms with Crippen LogP contribution in [0, 0.1) is 0 Å². The fourth-order valence-corrected chi connectivity index (χ4v) is 4.38. The first-order chi connectivity index (χ1) is 19.0. The van der Waals surface area contributed by atoms with Crippen LogP contribution < -0.4 is 15.6 Å². The van der Waals surface area contributed by atoms with E-state index in [1.54, 1.807) is 36.6 Å². The van der Waals surface area contributed by atoms with Gasteiger partial charge in [0.05, 0.1) is 6.21 Å². The van der Waals surface area contributed by atoms with E-state index < -0.39 is 5.91 Å². The summed E-state index contributed by atoms with van der Waals surface area (Å²) < 4.78 is 0. The van der Waals surface area contributed by atoms with E-state index in [0.717, 1.165) is 38.4 Å². The first-order valence-corrected chi connectivity index (χ1v) is 12.6. The number of fused-ring (bicyclic) bond motifs is 2. The van der Waals surface area contributed by atoms with Crippen LogP contribution in [0.2, 0.25) is 0 Å². The highest BCUT2D eigenvalue weighted by atomic mass is 16.2. The Balaban J connectivity index is 1.45. The highest BCUT2D eigenvalue weighted by Gasteiger charge is 2.15. The maximum absolute atomic E-state index is 13.3. The Hall–Kier alpha value is -5.23. The molecular formula is C33H28N4O2. The van der Waals surface area contributed by atoms with E-state index in [1.807, 2.05) is 85.7 Å². The molecule has 0 aliphatic rings. The van der Waals surface area contributed by atoms with Crippen molar-refractivity contribution in [1.29, 1.82) is 0 Å². The number of hydrogen-bond donors (Lipinski definition) is 2. The number of rotatable bonds is 7. The average molecular weight is 513 g/mol. The number of nitrogens with one attached hydrogen (secondary N) is 2. The summed E-state index contributed by atoms with van der Waals surface area (Å²) in [6.45, 7) is 0. The average Bonchev–Trinajstić information content (AvgIpc) is 2.97. The van der Waals surface area contributed by atoms with Gasteiger partial charge in [0.2, 0.25) is 0 Å². The van der Waals surface area contributed by atoms with E-state index in [2.05, 4.69) is 34.0 Å². The predicted octanol–water partition coefficient (Wildman–Crippen LogP) is 5.98. The summed E-state index contributed by atoms with van der Waals surface area (Å²) in [6.07, 6.45) is 3.30. The molecule has 39 heavy (non-hydrogen) atoms. The van der Waals surface area contributed by atoms with Gasteiger partial charge in [-0.25, -0.2) is 5.43 Å². The van der Waals surface area contributed by atoms with E-state index in [1.165, 1.54) is 0 Å². The van der Waals surface area contributed by atoms with Gasteiger partial charge in [0, 0.05) is 30.9 Å². The third-order valence-electron chi connectivity index (χ3n) is 6.42. The maximum atomic E-state index is 13.3. The molecule has 0 aromatic heterocycles. The topological polar surface area (TPSA) is 73.8 Å². The zero-order chi connectivity index (χ0) is 27.2. The molecule has 192 valence electrons. The van der Waals surface area contributed by atoms with Gasteiger partial charge in [-0.2, -0.15) is 5.10 Å². The molecule has 0 bridgehead atoms. The summed E-state index contributed by atoms with van der Waals surface area (Å²) >= 11 is 0. The third kappa shape index (κ3) is 5.86. The molecule has 0 radical (unpaired) electrons. The number of carbonyl (C=O) groups is 2. The minimum atomic E-state index is -0.531.